The van der Waals surface area contributed by atoms with Crippen LogP contribution in [0.2, 0.25) is 0 Å². The molecule has 0 spiro atoms. The van der Waals surface area contributed by atoms with Gasteiger partial charge in [0, 0.05) is 18.0 Å². The van der Waals surface area contributed by atoms with Gasteiger partial charge in [0.05, 0.1) is 0 Å². The van der Waals surface area contributed by atoms with Crippen molar-refractivity contribution in [2.24, 2.45) is 0 Å². The highest BCUT2D eigenvalue weighted by Gasteiger charge is 2.22. The third kappa shape index (κ3) is 5.86. The minimum Gasteiger partial charge on any atom is -0.354 e. The number of likely N-dealkylation sites (N-methyl/N-ethyl adjacent to an activating group) is 1. The molecule has 2 N–H and O–H groups in total. The van der Waals surface area contributed by atoms with Gasteiger partial charge >= 0.3 is 0 Å². The van der Waals surface area contributed by atoms with Gasteiger partial charge in [-0.3, -0.25) is 4.79 Å². The zero-order valence-electron chi connectivity index (χ0n) is 14.3. The van der Waals surface area contributed by atoms with Gasteiger partial charge in [0.25, 0.3) is 0 Å². The Bertz CT molecular complexity index is 649. The number of aryl methyl sites for hydroxylation is 2. The van der Waals surface area contributed by atoms with Crippen molar-refractivity contribution < 1.29 is 4.79 Å². The van der Waals surface area contributed by atoms with Gasteiger partial charge in [-0.1, -0.05) is 48.0 Å². The van der Waals surface area contributed by atoms with Gasteiger partial charge in [-0.05, 0) is 38.1 Å². The molecule has 1 atom stereocenters. The molecule has 0 bridgehead atoms. The van der Waals surface area contributed by atoms with Crippen LogP contribution in [0.15, 0.2) is 53.4 Å². The Morgan fingerprint density at radius 3 is 2.42 bits per heavy atom. The molecule has 2 aromatic carbocycles. The first-order valence-electron chi connectivity index (χ1n) is 7.83. The molecule has 24 heavy (non-hydrogen) atoms. The van der Waals surface area contributed by atoms with E-state index in [2.05, 4.69) is 42.7 Å². The van der Waals surface area contributed by atoms with Crippen molar-refractivity contribution in [2.75, 3.05) is 20.1 Å². The summed E-state index contributed by atoms with van der Waals surface area (Å²) in [4.78, 5) is 13.8. The molecule has 5 heteroatoms. The third-order valence-corrected chi connectivity index (χ3v) is 5.02. The number of amides is 1. The van der Waals surface area contributed by atoms with Crippen molar-refractivity contribution >= 4 is 30.1 Å². The molecule has 0 aliphatic rings. The third-order valence-electron chi connectivity index (χ3n) is 3.59. The quantitative estimate of drug-likeness (QED) is 0.578. The molecule has 0 aliphatic carbocycles. The van der Waals surface area contributed by atoms with Gasteiger partial charge in [-0.2, -0.15) is 0 Å². The van der Waals surface area contributed by atoms with Crippen LogP contribution in [0.3, 0.4) is 0 Å². The van der Waals surface area contributed by atoms with Gasteiger partial charge < -0.3 is 10.6 Å². The molecule has 2 aromatic rings. The molecule has 0 radical (unpaired) electrons. The molecular formula is C19H25ClN2OS. The van der Waals surface area contributed by atoms with Crippen LogP contribution in [0, 0.1) is 13.8 Å². The summed E-state index contributed by atoms with van der Waals surface area (Å²) in [5.74, 6) is 0.0522. The molecule has 0 saturated heterocycles. The lowest BCUT2D eigenvalue weighted by molar-refractivity contribution is -0.120. The maximum absolute atomic E-state index is 12.6. The van der Waals surface area contributed by atoms with Crippen LogP contribution in [-0.4, -0.2) is 26.0 Å². The first-order valence-corrected chi connectivity index (χ1v) is 8.71. The highest BCUT2D eigenvalue weighted by atomic mass is 35.5. The second kappa shape index (κ2) is 10.4. The fraction of sp³-hybridized carbons (Fsp3) is 0.316. The standard InChI is InChI=1S/C19H24N2OS.ClH/c1-14-9-10-17(15(2)13-14)23-18(16-7-5-4-6-8-16)19(22)21-12-11-20-3;/h4-10,13,18,20H,11-12H2,1-3H3,(H,21,22);1H. The Kier molecular flexibility index (Phi) is 8.90. The van der Waals surface area contributed by atoms with Gasteiger partial charge in [-0.15, -0.1) is 24.2 Å². The Labute approximate surface area is 155 Å². The number of rotatable bonds is 7. The summed E-state index contributed by atoms with van der Waals surface area (Å²) < 4.78 is 0. The summed E-state index contributed by atoms with van der Waals surface area (Å²) in [6.45, 7) is 5.57. The summed E-state index contributed by atoms with van der Waals surface area (Å²) in [7, 11) is 1.88. The SMILES string of the molecule is CNCCNC(=O)C(Sc1ccc(C)cc1C)c1ccccc1.Cl. The van der Waals surface area contributed by atoms with Crippen molar-refractivity contribution in [1.82, 2.24) is 10.6 Å². The molecule has 1 unspecified atom stereocenters. The van der Waals surface area contributed by atoms with Crippen LogP contribution in [0.4, 0.5) is 0 Å². The van der Waals surface area contributed by atoms with Gasteiger partial charge in [-0.25, -0.2) is 0 Å². The number of halogens is 1. The van der Waals surface area contributed by atoms with E-state index in [1.165, 1.54) is 11.1 Å². The Balaban J connectivity index is 0.00000288. The summed E-state index contributed by atoms with van der Waals surface area (Å²) in [5, 5.41) is 5.82. The number of carbonyl (C=O) groups is 1. The lowest BCUT2D eigenvalue weighted by Crippen LogP contribution is -2.33. The maximum Gasteiger partial charge on any atom is 0.238 e. The minimum atomic E-state index is -0.241. The largest absolute Gasteiger partial charge is 0.354 e. The number of benzene rings is 2. The van der Waals surface area contributed by atoms with E-state index >= 15 is 0 Å². The van der Waals surface area contributed by atoms with Gasteiger partial charge in [0.1, 0.15) is 5.25 Å². The fourth-order valence-corrected chi connectivity index (χ4v) is 3.49. The van der Waals surface area contributed by atoms with E-state index in [1.807, 2.05) is 37.4 Å². The number of hydrogen-bond donors (Lipinski definition) is 2. The average molecular weight is 365 g/mol. The van der Waals surface area contributed by atoms with Crippen LogP contribution in [-0.2, 0) is 4.79 Å². The molecule has 0 heterocycles. The highest BCUT2D eigenvalue weighted by molar-refractivity contribution is 8.00. The van der Waals surface area contributed by atoms with E-state index in [4.69, 9.17) is 0 Å². The highest BCUT2D eigenvalue weighted by Crippen LogP contribution is 2.37. The minimum absolute atomic E-state index is 0. The van der Waals surface area contributed by atoms with Crippen LogP contribution < -0.4 is 10.6 Å². The maximum atomic E-state index is 12.6. The molecule has 1 amide bonds. The Morgan fingerprint density at radius 1 is 1.08 bits per heavy atom. The predicted molar refractivity (Wildman–Crippen MR) is 105 cm³/mol. The van der Waals surface area contributed by atoms with Crippen LogP contribution >= 0.6 is 24.2 Å². The molecular weight excluding hydrogens is 340 g/mol. The fourth-order valence-electron chi connectivity index (χ4n) is 2.36. The first kappa shape index (κ1) is 20.6. The van der Waals surface area contributed by atoms with E-state index in [-0.39, 0.29) is 23.6 Å². The number of nitrogens with one attached hydrogen (secondary N) is 2. The summed E-state index contributed by atoms with van der Waals surface area (Å²) in [5.41, 5.74) is 3.47. The Hall–Kier alpha value is -1.49. The van der Waals surface area contributed by atoms with Crippen molar-refractivity contribution in [3.05, 3.63) is 65.2 Å². The lowest BCUT2D eigenvalue weighted by atomic mass is 10.1. The van der Waals surface area contributed by atoms with E-state index < -0.39 is 0 Å². The molecule has 0 saturated carbocycles. The van der Waals surface area contributed by atoms with E-state index in [0.717, 1.165) is 17.0 Å². The second-order valence-corrected chi connectivity index (χ2v) is 6.72. The van der Waals surface area contributed by atoms with Gasteiger partial charge in [0.2, 0.25) is 5.91 Å². The van der Waals surface area contributed by atoms with Crippen LogP contribution in [0.25, 0.3) is 0 Å². The van der Waals surface area contributed by atoms with Gasteiger partial charge in [0.15, 0.2) is 0 Å². The number of carbonyl (C=O) groups excluding carboxylic acids is 1. The summed E-state index contributed by atoms with van der Waals surface area (Å²) in [6.07, 6.45) is 0. The predicted octanol–water partition coefficient (Wildman–Crippen LogP) is 3.89. The Morgan fingerprint density at radius 2 is 1.79 bits per heavy atom. The van der Waals surface area contributed by atoms with E-state index in [9.17, 15) is 4.79 Å². The molecule has 0 aliphatic heterocycles. The smallest absolute Gasteiger partial charge is 0.238 e. The van der Waals surface area contributed by atoms with Crippen LogP contribution in [0.1, 0.15) is 21.9 Å². The first-order chi connectivity index (χ1) is 11.1. The molecule has 0 fully saturated rings. The second-order valence-electron chi connectivity index (χ2n) is 5.57. The molecule has 3 nitrogen and oxygen atoms in total. The molecule has 0 aromatic heterocycles. The zero-order valence-corrected chi connectivity index (χ0v) is 16.0. The van der Waals surface area contributed by atoms with Crippen molar-refractivity contribution in [2.45, 2.75) is 24.0 Å². The average Bonchev–Trinajstić information content (AvgIpc) is 2.55. The number of thioether (sulfide) groups is 1. The van der Waals surface area contributed by atoms with Crippen molar-refractivity contribution in [1.29, 1.82) is 0 Å². The molecule has 2 rings (SSSR count). The van der Waals surface area contributed by atoms with Crippen molar-refractivity contribution in [3.63, 3.8) is 0 Å². The zero-order chi connectivity index (χ0) is 16.7. The molecule has 130 valence electrons. The van der Waals surface area contributed by atoms with Crippen molar-refractivity contribution in [3.8, 4) is 0 Å². The summed E-state index contributed by atoms with van der Waals surface area (Å²) in [6, 6.07) is 16.3. The lowest BCUT2D eigenvalue weighted by Gasteiger charge is -2.18. The van der Waals surface area contributed by atoms with E-state index in [1.54, 1.807) is 11.8 Å². The van der Waals surface area contributed by atoms with Crippen LogP contribution in [0.5, 0.6) is 0 Å². The monoisotopic (exact) mass is 364 g/mol. The number of hydrogen-bond acceptors (Lipinski definition) is 3. The van der Waals surface area contributed by atoms with E-state index in [0.29, 0.717) is 6.54 Å². The normalized spacial score (nSPS) is 11.5. The topological polar surface area (TPSA) is 41.1 Å². The summed E-state index contributed by atoms with van der Waals surface area (Å²) >= 11 is 1.61.